The fourth-order valence-corrected chi connectivity index (χ4v) is 4.49. The summed E-state index contributed by atoms with van der Waals surface area (Å²) in [6.07, 6.45) is 8.97. The molecule has 2 heterocycles. The van der Waals surface area contributed by atoms with E-state index >= 15 is 0 Å². The van der Waals surface area contributed by atoms with E-state index in [2.05, 4.69) is 9.88 Å². The minimum absolute atomic E-state index is 0.315. The van der Waals surface area contributed by atoms with E-state index < -0.39 is 9.84 Å². The molecule has 1 saturated carbocycles. The van der Waals surface area contributed by atoms with Crippen LogP contribution in [0, 0.1) is 5.92 Å². The summed E-state index contributed by atoms with van der Waals surface area (Å²) in [7, 11) is -3.16. The van der Waals surface area contributed by atoms with Crippen molar-refractivity contribution >= 4 is 15.8 Å². The number of ether oxygens (including phenoxy) is 1. The Kier molecular flexibility index (Phi) is 5.53. The average molecular weight is 402 g/mol. The van der Waals surface area contributed by atoms with E-state index in [-0.39, 0.29) is 0 Å². The van der Waals surface area contributed by atoms with Gasteiger partial charge in [0.15, 0.2) is 9.84 Å². The summed E-state index contributed by atoms with van der Waals surface area (Å²) in [5.41, 5.74) is 1.15. The molecule has 0 radical (unpaired) electrons. The van der Waals surface area contributed by atoms with Crippen LogP contribution >= 0.6 is 0 Å². The molecule has 1 saturated heterocycles. The molecule has 1 aromatic carbocycles. The molecule has 6 nitrogen and oxygen atoms in total. The van der Waals surface area contributed by atoms with Crippen LogP contribution in [0.15, 0.2) is 41.4 Å². The number of piperidine rings is 1. The Labute approximate surface area is 166 Å². The lowest BCUT2D eigenvalue weighted by molar-refractivity contribution is 0.301. The normalized spacial score (nSPS) is 22.1. The number of rotatable bonds is 7. The molecule has 150 valence electrons. The Morgan fingerprint density at radius 1 is 1.11 bits per heavy atom. The van der Waals surface area contributed by atoms with Gasteiger partial charge in [-0.15, -0.1) is 0 Å². The molecular formula is C21H27N3O3S. The van der Waals surface area contributed by atoms with Gasteiger partial charge in [-0.3, -0.25) is 0 Å². The highest BCUT2D eigenvalue weighted by molar-refractivity contribution is 7.90. The van der Waals surface area contributed by atoms with E-state index in [4.69, 9.17) is 9.72 Å². The second-order valence-corrected chi connectivity index (χ2v) is 9.83. The highest BCUT2D eigenvalue weighted by atomic mass is 32.2. The number of anilines is 1. The van der Waals surface area contributed by atoms with E-state index in [9.17, 15) is 8.42 Å². The Morgan fingerprint density at radius 3 is 2.57 bits per heavy atom. The van der Waals surface area contributed by atoms with Gasteiger partial charge in [-0.2, -0.15) is 0 Å². The predicted octanol–water partition coefficient (Wildman–Crippen LogP) is 3.44. The van der Waals surface area contributed by atoms with Crippen LogP contribution in [-0.2, 0) is 9.84 Å². The quantitative estimate of drug-likeness (QED) is 0.708. The summed E-state index contributed by atoms with van der Waals surface area (Å²) < 4.78 is 28.8. The van der Waals surface area contributed by atoms with Crippen LogP contribution in [0.5, 0.6) is 5.75 Å². The van der Waals surface area contributed by atoms with Crippen LogP contribution < -0.4 is 9.64 Å². The summed E-state index contributed by atoms with van der Waals surface area (Å²) in [5, 5.41) is 0. The van der Waals surface area contributed by atoms with Crippen LogP contribution in [0.25, 0.3) is 0 Å². The first-order valence-corrected chi connectivity index (χ1v) is 11.9. The third-order valence-electron chi connectivity index (χ3n) is 5.62. The Balaban J connectivity index is 1.27. The molecule has 28 heavy (non-hydrogen) atoms. The van der Waals surface area contributed by atoms with Crippen molar-refractivity contribution in [1.29, 1.82) is 0 Å². The minimum atomic E-state index is -3.16. The van der Waals surface area contributed by atoms with Gasteiger partial charge in [-0.25, -0.2) is 18.4 Å². The van der Waals surface area contributed by atoms with E-state index in [0.29, 0.717) is 29.1 Å². The molecular weight excluding hydrogens is 374 g/mol. The topological polar surface area (TPSA) is 72.4 Å². The van der Waals surface area contributed by atoms with Gasteiger partial charge in [0.25, 0.3) is 0 Å². The van der Waals surface area contributed by atoms with E-state index in [0.717, 1.165) is 37.6 Å². The van der Waals surface area contributed by atoms with Gasteiger partial charge >= 0.3 is 0 Å². The number of hydrogen-bond donors (Lipinski definition) is 0. The number of hydrogen-bond acceptors (Lipinski definition) is 6. The predicted molar refractivity (Wildman–Crippen MR) is 109 cm³/mol. The molecule has 2 atom stereocenters. The molecule has 2 aliphatic rings. The van der Waals surface area contributed by atoms with Crippen LogP contribution in [0.3, 0.4) is 0 Å². The van der Waals surface area contributed by atoms with Crippen LogP contribution in [0.1, 0.15) is 43.7 Å². The number of sulfone groups is 1. The standard InChI is InChI=1S/C21H27N3O3S/c1-28(25,26)18-7-5-17(6-8-18)27-14-10-16-15-19(16)20-9-11-22-21(23-20)24-12-3-2-4-13-24/h5-9,11,16,19H,2-4,10,12-15H2,1H3/t16-,19-/m0/s1. The zero-order valence-electron chi connectivity index (χ0n) is 16.3. The molecule has 4 rings (SSSR count). The molecule has 7 heteroatoms. The van der Waals surface area contributed by atoms with Crippen molar-refractivity contribution in [3.63, 3.8) is 0 Å². The summed E-state index contributed by atoms with van der Waals surface area (Å²) in [6, 6.07) is 8.66. The Bertz CT molecular complexity index is 909. The van der Waals surface area contributed by atoms with Crippen LogP contribution in [-0.4, -0.2) is 44.3 Å². The lowest BCUT2D eigenvalue weighted by atomic mass is 10.1. The van der Waals surface area contributed by atoms with E-state index in [1.807, 2.05) is 12.3 Å². The fourth-order valence-electron chi connectivity index (χ4n) is 3.85. The SMILES string of the molecule is CS(=O)(=O)c1ccc(OCC[C@H]2C[C@@H]2c2ccnc(N3CCCCC3)n2)cc1. The van der Waals surface area contributed by atoms with Crippen LogP contribution in [0.2, 0.25) is 0 Å². The molecule has 0 amide bonds. The van der Waals surface area contributed by atoms with E-state index in [1.165, 1.54) is 25.5 Å². The lowest BCUT2D eigenvalue weighted by Gasteiger charge is -2.26. The maximum Gasteiger partial charge on any atom is 0.225 e. The van der Waals surface area contributed by atoms with Gasteiger partial charge in [0.1, 0.15) is 5.75 Å². The largest absolute Gasteiger partial charge is 0.494 e. The first-order chi connectivity index (χ1) is 13.5. The van der Waals surface area contributed by atoms with Crippen LogP contribution in [0.4, 0.5) is 5.95 Å². The molecule has 1 aliphatic carbocycles. The molecule has 2 fully saturated rings. The third-order valence-corrected chi connectivity index (χ3v) is 6.74. The van der Waals surface area contributed by atoms with Crippen molar-refractivity contribution in [2.75, 3.05) is 30.9 Å². The Morgan fingerprint density at radius 2 is 1.86 bits per heavy atom. The van der Waals surface area contributed by atoms with Gasteiger partial charge in [-0.05, 0) is 68.4 Å². The molecule has 0 bridgehead atoms. The average Bonchev–Trinajstić information content (AvgIpc) is 3.48. The van der Waals surface area contributed by atoms with Gasteiger partial charge in [0.2, 0.25) is 5.95 Å². The van der Waals surface area contributed by atoms with Crippen molar-refractivity contribution in [3.05, 3.63) is 42.2 Å². The smallest absolute Gasteiger partial charge is 0.225 e. The first kappa shape index (κ1) is 19.2. The highest BCUT2D eigenvalue weighted by Crippen LogP contribution is 2.49. The summed E-state index contributed by atoms with van der Waals surface area (Å²) in [5.74, 6) is 2.69. The summed E-state index contributed by atoms with van der Waals surface area (Å²) in [4.78, 5) is 11.9. The second-order valence-electron chi connectivity index (χ2n) is 7.81. The van der Waals surface area contributed by atoms with Crippen molar-refractivity contribution in [3.8, 4) is 5.75 Å². The summed E-state index contributed by atoms with van der Waals surface area (Å²) in [6.45, 7) is 2.75. The zero-order chi connectivity index (χ0) is 19.6. The molecule has 0 spiro atoms. The van der Waals surface area contributed by atoms with Gasteiger partial charge in [0.05, 0.1) is 11.5 Å². The van der Waals surface area contributed by atoms with E-state index in [1.54, 1.807) is 24.3 Å². The minimum Gasteiger partial charge on any atom is -0.494 e. The third kappa shape index (κ3) is 4.63. The van der Waals surface area contributed by atoms with Crippen molar-refractivity contribution in [2.45, 2.75) is 42.9 Å². The lowest BCUT2D eigenvalue weighted by Crippen LogP contribution is -2.31. The maximum absolute atomic E-state index is 11.5. The van der Waals surface area contributed by atoms with Crippen molar-refractivity contribution in [1.82, 2.24) is 9.97 Å². The van der Waals surface area contributed by atoms with Gasteiger partial charge in [-0.1, -0.05) is 0 Å². The van der Waals surface area contributed by atoms with Crippen molar-refractivity contribution < 1.29 is 13.2 Å². The second kappa shape index (κ2) is 8.07. The number of aromatic nitrogens is 2. The summed E-state index contributed by atoms with van der Waals surface area (Å²) >= 11 is 0. The molecule has 2 aromatic rings. The van der Waals surface area contributed by atoms with Gasteiger partial charge < -0.3 is 9.64 Å². The molecule has 1 aliphatic heterocycles. The highest BCUT2D eigenvalue weighted by Gasteiger charge is 2.39. The molecule has 0 unspecified atom stereocenters. The van der Waals surface area contributed by atoms with Crippen molar-refractivity contribution in [2.24, 2.45) is 5.92 Å². The van der Waals surface area contributed by atoms with Gasteiger partial charge in [0, 0.05) is 37.2 Å². The Hall–Kier alpha value is -2.15. The fraction of sp³-hybridized carbons (Fsp3) is 0.524. The molecule has 0 N–H and O–H groups in total. The molecule has 1 aromatic heterocycles. The monoisotopic (exact) mass is 401 g/mol. The maximum atomic E-state index is 11.5. The first-order valence-electron chi connectivity index (χ1n) is 10.0. The number of nitrogens with zero attached hydrogens (tertiary/aromatic N) is 3. The number of benzene rings is 1. The zero-order valence-corrected chi connectivity index (χ0v) is 17.1.